The number of rotatable bonds is 7. The van der Waals surface area contributed by atoms with Crippen LogP contribution >= 0.6 is 0 Å². The summed E-state index contributed by atoms with van der Waals surface area (Å²) in [5.41, 5.74) is -4.77. The molecule has 0 spiro atoms. The number of ketones is 2. The van der Waals surface area contributed by atoms with E-state index in [9.17, 15) is 19.2 Å². The first-order valence-corrected chi connectivity index (χ1v) is 17.8. The van der Waals surface area contributed by atoms with Crippen molar-refractivity contribution >= 4 is 31.9 Å². The molecule has 0 aromatic rings. The van der Waals surface area contributed by atoms with Crippen LogP contribution in [0.25, 0.3) is 0 Å². The molecule has 10 heteroatoms. The van der Waals surface area contributed by atoms with E-state index in [1.807, 2.05) is 40.4 Å². The highest BCUT2D eigenvalue weighted by Gasteiger charge is 2.77. The van der Waals surface area contributed by atoms with E-state index in [0.29, 0.717) is 25.8 Å². The van der Waals surface area contributed by atoms with E-state index in [1.54, 1.807) is 19.1 Å². The minimum Gasteiger partial charge on any atom is -0.458 e. The third-order valence-corrected chi connectivity index (χ3v) is 11.0. The quantitative estimate of drug-likeness (QED) is 0.332. The van der Waals surface area contributed by atoms with Gasteiger partial charge >= 0.3 is 12.1 Å². The number of ether oxygens (including phenoxy) is 2. The molecule has 3 fully saturated rings. The predicted octanol–water partition coefficient (Wildman–Crippen LogP) is 5.08. The zero-order chi connectivity index (χ0) is 29.9. The van der Waals surface area contributed by atoms with Gasteiger partial charge in [0, 0.05) is 36.1 Å². The summed E-state index contributed by atoms with van der Waals surface area (Å²) in [4.78, 5) is 51.0. The van der Waals surface area contributed by atoms with E-state index in [4.69, 9.17) is 13.9 Å². The van der Waals surface area contributed by atoms with Gasteiger partial charge in [-0.3, -0.25) is 14.4 Å². The summed E-state index contributed by atoms with van der Waals surface area (Å²) >= 11 is 0. The van der Waals surface area contributed by atoms with Crippen molar-refractivity contribution in [3.8, 4) is 0 Å². The first kappa shape index (κ1) is 30.6. The average Bonchev–Trinajstić information content (AvgIpc) is 3.05. The van der Waals surface area contributed by atoms with Gasteiger partial charge in [0.15, 0.2) is 32.0 Å². The molecular formula is C30H44FNO7Si. The van der Waals surface area contributed by atoms with Crippen LogP contribution in [0.1, 0.15) is 60.3 Å². The molecule has 0 aromatic heterocycles. The molecule has 8 nitrogen and oxygen atoms in total. The van der Waals surface area contributed by atoms with E-state index < -0.39 is 72.8 Å². The smallest absolute Gasteiger partial charge is 0.408 e. The maximum absolute atomic E-state index is 18.3. The van der Waals surface area contributed by atoms with Crippen molar-refractivity contribution in [2.45, 2.75) is 97.3 Å². The fourth-order valence-electron chi connectivity index (χ4n) is 8.52. The molecule has 4 rings (SSSR count). The summed E-state index contributed by atoms with van der Waals surface area (Å²) in [6, 6.07) is 0. The SMILES string of the molecule is CCNC(=O)O[C@]1(C(=O)COC(C)=O)[C@@H](C)C[C@H]2[C@@H]3CCC4=CC(=O)C=C[C@]4(C)[C@@]3(F)[C@H](O[Si](C)(C)C)C[C@@]21C. The number of nitrogens with one attached hydrogen (secondary N) is 1. The second-order valence-corrected chi connectivity index (χ2v) is 17.9. The number of allylic oxidation sites excluding steroid dienone is 4. The van der Waals surface area contributed by atoms with Crippen molar-refractivity contribution in [3.05, 3.63) is 23.8 Å². The number of hydrogen-bond donors (Lipinski definition) is 1. The Balaban J connectivity index is 1.90. The van der Waals surface area contributed by atoms with E-state index in [2.05, 4.69) is 5.32 Å². The van der Waals surface area contributed by atoms with E-state index >= 15 is 4.39 Å². The van der Waals surface area contributed by atoms with Crippen LogP contribution in [0.3, 0.4) is 0 Å². The zero-order valence-corrected chi connectivity index (χ0v) is 26.0. The number of fused-ring (bicyclic) bond motifs is 5. The first-order valence-electron chi connectivity index (χ1n) is 14.4. The summed E-state index contributed by atoms with van der Waals surface area (Å²) in [5, 5.41) is 2.64. The molecule has 4 aliphatic carbocycles. The Morgan fingerprint density at radius 2 is 1.85 bits per heavy atom. The average molecular weight is 578 g/mol. The molecule has 0 saturated heterocycles. The molecular weight excluding hydrogens is 533 g/mol. The van der Waals surface area contributed by atoms with Crippen molar-refractivity contribution in [2.75, 3.05) is 13.2 Å². The van der Waals surface area contributed by atoms with Crippen LogP contribution in [0.5, 0.6) is 0 Å². The van der Waals surface area contributed by atoms with Gasteiger partial charge in [0.05, 0.1) is 6.10 Å². The number of halogens is 1. The maximum Gasteiger partial charge on any atom is 0.408 e. The summed E-state index contributed by atoms with van der Waals surface area (Å²) in [6.45, 7) is 14.4. The molecule has 0 radical (unpaired) electrons. The minimum atomic E-state index is -2.34. The van der Waals surface area contributed by atoms with Gasteiger partial charge < -0.3 is 19.2 Å². The Kier molecular flexibility index (Phi) is 7.80. The summed E-state index contributed by atoms with van der Waals surface area (Å²) < 4.78 is 36.3. The molecule has 8 atom stereocenters. The number of carbonyl (C=O) groups excluding carboxylic acids is 4. The predicted molar refractivity (Wildman–Crippen MR) is 150 cm³/mol. The zero-order valence-electron chi connectivity index (χ0n) is 25.0. The number of Topliss-reactive ketones (excluding diaryl/α,β-unsaturated/α-hetero) is 1. The molecule has 0 bridgehead atoms. The van der Waals surface area contributed by atoms with Gasteiger partial charge in [-0.1, -0.05) is 25.5 Å². The number of carbonyl (C=O) groups is 4. The molecule has 0 aromatic carbocycles. The van der Waals surface area contributed by atoms with Gasteiger partial charge in [-0.05, 0) is 77.2 Å². The number of amides is 1. The van der Waals surface area contributed by atoms with Crippen molar-refractivity contribution in [1.82, 2.24) is 5.32 Å². The van der Waals surface area contributed by atoms with Gasteiger partial charge in [0.25, 0.3) is 0 Å². The van der Waals surface area contributed by atoms with Gasteiger partial charge in [-0.15, -0.1) is 0 Å². The molecule has 1 amide bonds. The van der Waals surface area contributed by atoms with Crippen LogP contribution in [-0.4, -0.2) is 62.5 Å². The number of esters is 1. The Morgan fingerprint density at radius 1 is 1.18 bits per heavy atom. The third kappa shape index (κ3) is 4.49. The summed E-state index contributed by atoms with van der Waals surface area (Å²) in [6.07, 6.45) is 4.70. The highest BCUT2D eigenvalue weighted by atomic mass is 28.4. The Bertz CT molecular complexity index is 1160. The van der Waals surface area contributed by atoms with Crippen LogP contribution in [0, 0.1) is 28.6 Å². The number of alkyl carbamates (subject to hydrolysis) is 1. The molecule has 40 heavy (non-hydrogen) atoms. The van der Waals surface area contributed by atoms with Gasteiger partial charge in [0.1, 0.15) is 0 Å². The van der Waals surface area contributed by atoms with Crippen LogP contribution in [0.15, 0.2) is 23.8 Å². The Morgan fingerprint density at radius 3 is 2.45 bits per heavy atom. The molecule has 0 unspecified atom stereocenters. The largest absolute Gasteiger partial charge is 0.458 e. The van der Waals surface area contributed by atoms with Crippen molar-refractivity contribution < 1.29 is 37.5 Å². The van der Waals surface area contributed by atoms with Crippen LogP contribution < -0.4 is 5.32 Å². The second kappa shape index (κ2) is 10.2. The fourth-order valence-corrected chi connectivity index (χ4v) is 9.63. The molecule has 4 aliphatic rings. The first-order chi connectivity index (χ1) is 18.5. The molecule has 222 valence electrons. The molecule has 0 heterocycles. The monoisotopic (exact) mass is 577 g/mol. The van der Waals surface area contributed by atoms with Crippen LogP contribution in [0.4, 0.5) is 9.18 Å². The van der Waals surface area contributed by atoms with Crippen molar-refractivity contribution in [3.63, 3.8) is 0 Å². The van der Waals surface area contributed by atoms with Gasteiger partial charge in [-0.25, -0.2) is 9.18 Å². The summed E-state index contributed by atoms with van der Waals surface area (Å²) in [7, 11) is -2.34. The van der Waals surface area contributed by atoms with Gasteiger partial charge in [0.2, 0.25) is 5.78 Å². The van der Waals surface area contributed by atoms with E-state index in [-0.39, 0.29) is 18.1 Å². The van der Waals surface area contributed by atoms with Crippen molar-refractivity contribution in [1.29, 1.82) is 0 Å². The minimum absolute atomic E-state index is 0.134. The number of alkyl halides is 1. The highest BCUT2D eigenvalue weighted by Crippen LogP contribution is 2.72. The lowest BCUT2D eigenvalue weighted by Crippen LogP contribution is -2.71. The maximum atomic E-state index is 18.3. The molecule has 1 N–H and O–H groups in total. The second-order valence-electron chi connectivity index (χ2n) is 13.5. The lowest BCUT2D eigenvalue weighted by molar-refractivity contribution is -0.215. The fraction of sp³-hybridized carbons (Fsp3) is 0.733. The lowest BCUT2D eigenvalue weighted by atomic mass is 9.44. The number of hydrogen-bond acceptors (Lipinski definition) is 7. The lowest BCUT2D eigenvalue weighted by Gasteiger charge is -2.64. The Labute approximate surface area is 237 Å². The molecule has 3 saturated carbocycles. The highest BCUT2D eigenvalue weighted by molar-refractivity contribution is 6.69. The van der Waals surface area contributed by atoms with Gasteiger partial charge in [-0.2, -0.15) is 0 Å². The standard InChI is InChI=1S/C30H44FNO7Si/c1-9-32-26(36)38-30(24(35)17-37-19(3)33)18(2)14-23-22-11-10-20-15-21(34)12-13-27(20,4)29(22,31)25(16-28(23,30)5)39-40(6,7)8/h12-13,15,18,22-23,25H,9-11,14,16-17H2,1-8H3,(H,32,36)/t18-,22-,23-,25+,27-,28-,29-,30-/m0/s1. The van der Waals surface area contributed by atoms with E-state index in [1.165, 1.54) is 13.0 Å². The van der Waals surface area contributed by atoms with Crippen LogP contribution in [0.2, 0.25) is 19.6 Å². The summed E-state index contributed by atoms with van der Waals surface area (Å²) in [5.74, 6) is -2.56. The topological polar surface area (TPSA) is 108 Å². The van der Waals surface area contributed by atoms with Crippen molar-refractivity contribution in [2.24, 2.45) is 28.6 Å². The molecule has 0 aliphatic heterocycles. The van der Waals surface area contributed by atoms with Crippen LogP contribution in [-0.2, 0) is 28.3 Å². The Hall–Kier alpha value is -2.33. The third-order valence-electron chi connectivity index (χ3n) is 10.0. The van der Waals surface area contributed by atoms with E-state index in [0.717, 1.165) is 5.57 Å². The normalized spacial score (nSPS) is 40.3.